The molecule has 1 aromatic carbocycles. The Balaban J connectivity index is 1.14. The number of nitrogens with zero attached hydrogens (tertiary/aromatic N) is 2. The number of fused-ring (bicyclic) bond motifs is 1. The standard InChI is InChI=1S/C21H28F3N3O3/c22-21(23,24)30-16-3-1-2-14(6-16)7-25-8-17-18-10-26(11-19(17)18)12-20(29)27-5-4-15(9-27)13-28/h1-3,6,15,17-19,25,28H,4-5,7-13H2. The molecule has 2 N–H and O–H groups in total. The molecule has 1 amide bonds. The minimum Gasteiger partial charge on any atom is -0.406 e. The molecule has 0 spiro atoms. The van der Waals surface area contributed by atoms with Crippen molar-refractivity contribution in [2.45, 2.75) is 19.3 Å². The van der Waals surface area contributed by atoms with E-state index in [0.717, 1.165) is 38.2 Å². The predicted octanol–water partition coefficient (Wildman–Crippen LogP) is 1.69. The molecule has 3 atom stereocenters. The van der Waals surface area contributed by atoms with E-state index < -0.39 is 6.36 Å². The number of rotatable bonds is 8. The lowest BCUT2D eigenvalue weighted by molar-refractivity contribution is -0.274. The third-order valence-corrected chi connectivity index (χ3v) is 6.54. The van der Waals surface area contributed by atoms with Crippen LogP contribution in [0.2, 0.25) is 0 Å². The minimum atomic E-state index is -4.68. The van der Waals surface area contributed by atoms with Crippen LogP contribution in [0.1, 0.15) is 12.0 Å². The summed E-state index contributed by atoms with van der Waals surface area (Å²) in [5.74, 6) is 1.92. The number of amides is 1. The number of aliphatic hydroxyl groups is 1. The number of carbonyl (C=O) groups excluding carboxylic acids is 1. The first-order valence-electron chi connectivity index (χ1n) is 10.5. The molecule has 3 unspecified atom stereocenters. The summed E-state index contributed by atoms with van der Waals surface area (Å²) in [6, 6.07) is 6.03. The molecule has 2 saturated heterocycles. The molecule has 0 bridgehead atoms. The van der Waals surface area contributed by atoms with Crippen LogP contribution >= 0.6 is 0 Å². The second-order valence-electron chi connectivity index (χ2n) is 8.69. The smallest absolute Gasteiger partial charge is 0.406 e. The van der Waals surface area contributed by atoms with E-state index in [1.807, 2.05) is 4.90 Å². The quantitative estimate of drug-likeness (QED) is 0.661. The minimum absolute atomic E-state index is 0.145. The number of likely N-dealkylation sites (tertiary alicyclic amines) is 2. The summed E-state index contributed by atoms with van der Waals surface area (Å²) in [7, 11) is 0. The second-order valence-corrected chi connectivity index (χ2v) is 8.69. The average Bonchev–Trinajstić information content (AvgIpc) is 3.06. The fourth-order valence-corrected chi connectivity index (χ4v) is 4.90. The number of hydrogen-bond acceptors (Lipinski definition) is 5. The van der Waals surface area contributed by atoms with Gasteiger partial charge in [-0.15, -0.1) is 13.2 Å². The van der Waals surface area contributed by atoms with Crippen molar-refractivity contribution in [1.82, 2.24) is 15.1 Å². The van der Waals surface area contributed by atoms with Crippen molar-refractivity contribution in [3.63, 3.8) is 0 Å². The van der Waals surface area contributed by atoms with Crippen molar-refractivity contribution >= 4 is 5.91 Å². The van der Waals surface area contributed by atoms with E-state index in [4.69, 9.17) is 0 Å². The van der Waals surface area contributed by atoms with Gasteiger partial charge in [0.2, 0.25) is 5.91 Å². The van der Waals surface area contributed by atoms with Crippen molar-refractivity contribution in [3.05, 3.63) is 29.8 Å². The van der Waals surface area contributed by atoms with Gasteiger partial charge in [0.05, 0.1) is 6.54 Å². The van der Waals surface area contributed by atoms with Gasteiger partial charge in [0.15, 0.2) is 0 Å². The van der Waals surface area contributed by atoms with Crippen LogP contribution in [0, 0.1) is 23.7 Å². The van der Waals surface area contributed by atoms with Crippen molar-refractivity contribution < 1.29 is 27.8 Å². The zero-order valence-electron chi connectivity index (χ0n) is 16.8. The fourth-order valence-electron chi connectivity index (χ4n) is 4.90. The highest BCUT2D eigenvalue weighted by Gasteiger charge is 2.55. The lowest BCUT2D eigenvalue weighted by Crippen LogP contribution is -2.40. The second kappa shape index (κ2) is 8.72. The van der Waals surface area contributed by atoms with Crippen LogP contribution in [-0.4, -0.2) is 73.1 Å². The molecule has 3 aliphatic rings. The van der Waals surface area contributed by atoms with E-state index in [2.05, 4.69) is 15.0 Å². The Hall–Kier alpha value is -1.84. The van der Waals surface area contributed by atoms with Gasteiger partial charge < -0.3 is 20.1 Å². The Morgan fingerprint density at radius 3 is 2.67 bits per heavy atom. The molecule has 1 aromatic rings. The van der Waals surface area contributed by atoms with Crippen LogP contribution in [0.15, 0.2) is 24.3 Å². The van der Waals surface area contributed by atoms with Gasteiger partial charge in [-0.1, -0.05) is 12.1 Å². The highest BCUT2D eigenvalue weighted by Crippen LogP contribution is 2.51. The summed E-state index contributed by atoms with van der Waals surface area (Å²) in [5.41, 5.74) is 0.751. The Labute approximate surface area is 174 Å². The SMILES string of the molecule is O=C(CN1CC2C(CNCc3cccc(OC(F)(F)F)c3)C2C1)N1CCC(CO)C1. The van der Waals surface area contributed by atoms with Crippen LogP contribution in [0.3, 0.4) is 0 Å². The average molecular weight is 427 g/mol. The van der Waals surface area contributed by atoms with Crippen LogP contribution in [0.5, 0.6) is 5.75 Å². The molecular formula is C21H28F3N3O3. The first-order valence-corrected chi connectivity index (χ1v) is 10.5. The number of hydrogen-bond donors (Lipinski definition) is 2. The molecule has 0 radical (unpaired) electrons. The van der Waals surface area contributed by atoms with Gasteiger partial charge in [-0.05, 0) is 48.4 Å². The van der Waals surface area contributed by atoms with E-state index in [1.165, 1.54) is 12.1 Å². The Bertz CT molecular complexity index is 749. The molecule has 6 nitrogen and oxygen atoms in total. The van der Waals surface area contributed by atoms with Crippen LogP contribution in [0.25, 0.3) is 0 Å². The van der Waals surface area contributed by atoms with Crippen LogP contribution in [-0.2, 0) is 11.3 Å². The van der Waals surface area contributed by atoms with Crippen molar-refractivity contribution in [2.24, 2.45) is 23.7 Å². The van der Waals surface area contributed by atoms with E-state index >= 15 is 0 Å². The first kappa shape index (κ1) is 21.4. The Morgan fingerprint density at radius 2 is 2.00 bits per heavy atom. The van der Waals surface area contributed by atoms with E-state index in [-0.39, 0.29) is 24.2 Å². The highest BCUT2D eigenvalue weighted by atomic mass is 19.4. The normalized spacial score (nSPS) is 28.6. The van der Waals surface area contributed by atoms with Gasteiger partial charge in [-0.2, -0.15) is 0 Å². The summed E-state index contributed by atoms with van der Waals surface area (Å²) in [6.07, 6.45) is -3.80. The van der Waals surface area contributed by atoms with Crippen LogP contribution < -0.4 is 10.1 Å². The maximum absolute atomic E-state index is 12.4. The monoisotopic (exact) mass is 427 g/mol. The van der Waals surface area contributed by atoms with Gasteiger partial charge in [0.1, 0.15) is 5.75 Å². The molecule has 2 heterocycles. The maximum atomic E-state index is 12.4. The molecule has 0 aromatic heterocycles. The van der Waals surface area contributed by atoms with Crippen molar-refractivity contribution in [1.29, 1.82) is 0 Å². The molecule has 9 heteroatoms. The van der Waals surface area contributed by atoms with Gasteiger partial charge in [0.25, 0.3) is 0 Å². The molecule has 2 aliphatic heterocycles. The number of ether oxygens (including phenoxy) is 1. The van der Waals surface area contributed by atoms with Crippen LogP contribution in [0.4, 0.5) is 13.2 Å². The third-order valence-electron chi connectivity index (χ3n) is 6.54. The number of piperidine rings is 1. The fraction of sp³-hybridized carbons (Fsp3) is 0.667. The molecule has 4 rings (SSSR count). The summed E-state index contributed by atoms with van der Waals surface area (Å²) in [5, 5.41) is 12.6. The van der Waals surface area contributed by atoms with Crippen molar-refractivity contribution in [2.75, 3.05) is 45.9 Å². The zero-order chi connectivity index (χ0) is 21.3. The van der Waals surface area contributed by atoms with E-state index in [1.54, 1.807) is 12.1 Å². The lowest BCUT2D eigenvalue weighted by atomic mass is 10.1. The Morgan fingerprint density at radius 1 is 1.23 bits per heavy atom. The highest BCUT2D eigenvalue weighted by molar-refractivity contribution is 5.78. The predicted molar refractivity (Wildman–Crippen MR) is 104 cm³/mol. The molecule has 1 saturated carbocycles. The first-order chi connectivity index (χ1) is 14.3. The number of benzene rings is 1. The Kier molecular flexibility index (Phi) is 6.22. The van der Waals surface area contributed by atoms with Gasteiger partial charge in [0, 0.05) is 45.2 Å². The number of aliphatic hydroxyl groups excluding tert-OH is 1. The molecule has 166 valence electrons. The largest absolute Gasteiger partial charge is 0.573 e. The number of alkyl halides is 3. The number of carbonyl (C=O) groups is 1. The summed E-state index contributed by atoms with van der Waals surface area (Å²) in [4.78, 5) is 16.5. The van der Waals surface area contributed by atoms with Gasteiger partial charge in [-0.3, -0.25) is 9.69 Å². The molecular weight excluding hydrogens is 399 g/mol. The lowest BCUT2D eigenvalue weighted by Gasteiger charge is -2.23. The van der Waals surface area contributed by atoms with Gasteiger partial charge in [-0.25, -0.2) is 0 Å². The summed E-state index contributed by atoms with van der Waals surface area (Å²) < 4.78 is 40.9. The maximum Gasteiger partial charge on any atom is 0.573 e. The number of halogens is 3. The summed E-state index contributed by atoms with van der Waals surface area (Å²) >= 11 is 0. The zero-order valence-corrected chi connectivity index (χ0v) is 16.8. The molecule has 1 aliphatic carbocycles. The van der Waals surface area contributed by atoms with Crippen molar-refractivity contribution in [3.8, 4) is 5.75 Å². The molecule has 3 fully saturated rings. The van der Waals surface area contributed by atoms with E-state index in [9.17, 15) is 23.1 Å². The molecule has 30 heavy (non-hydrogen) atoms. The topological polar surface area (TPSA) is 65.0 Å². The number of nitrogens with one attached hydrogen (secondary N) is 1. The third kappa shape index (κ3) is 5.25. The summed E-state index contributed by atoms with van der Waals surface area (Å²) in [6.45, 7) is 5.18. The van der Waals surface area contributed by atoms with E-state index in [0.29, 0.717) is 37.4 Å². The van der Waals surface area contributed by atoms with Gasteiger partial charge >= 0.3 is 6.36 Å².